The molecular formula is C19H25NO3S2. The fourth-order valence-corrected chi connectivity index (χ4v) is 4.66. The van der Waals surface area contributed by atoms with Gasteiger partial charge in [0.2, 0.25) is 0 Å². The van der Waals surface area contributed by atoms with Gasteiger partial charge in [0.1, 0.15) is 0 Å². The zero-order chi connectivity index (χ0) is 18.7. The number of hydrogen-bond acceptors (Lipinski definition) is 3. The Bertz CT molecular complexity index is 823. The number of benzene rings is 2. The second-order valence-corrected chi connectivity index (χ2v) is 11.1. The molecule has 4 nitrogen and oxygen atoms in total. The maximum Gasteiger partial charge on any atom is 0.180 e. The molecule has 2 aromatic carbocycles. The fraction of sp³-hybridized carbons (Fsp3) is 0.368. The Hall–Kier alpha value is -1.50. The molecule has 25 heavy (non-hydrogen) atoms. The van der Waals surface area contributed by atoms with Crippen LogP contribution < -0.4 is 4.72 Å². The molecule has 0 fully saturated rings. The molecule has 0 aliphatic heterocycles. The van der Waals surface area contributed by atoms with Crippen LogP contribution in [0, 0.1) is 6.92 Å². The summed E-state index contributed by atoms with van der Waals surface area (Å²) in [5, 5.41) is 0. The molecule has 0 aliphatic carbocycles. The molecule has 1 N–H and O–H groups in total. The number of aryl methyl sites for hydroxylation is 1. The van der Waals surface area contributed by atoms with Gasteiger partial charge in [0, 0.05) is 0 Å². The number of sulfone groups is 1. The topological polar surface area (TPSA) is 63.2 Å². The van der Waals surface area contributed by atoms with Crippen LogP contribution >= 0.6 is 0 Å². The fourth-order valence-electron chi connectivity index (χ4n) is 2.25. The lowest BCUT2D eigenvalue weighted by Gasteiger charge is -2.24. The predicted octanol–water partition coefficient (Wildman–Crippen LogP) is 3.56. The van der Waals surface area contributed by atoms with Gasteiger partial charge in [-0.05, 0) is 45.4 Å². The highest BCUT2D eigenvalue weighted by molar-refractivity contribution is 7.91. The summed E-state index contributed by atoms with van der Waals surface area (Å²) in [5.74, 6) is -0.151. The first-order valence-corrected chi connectivity index (χ1v) is 10.9. The van der Waals surface area contributed by atoms with Gasteiger partial charge < -0.3 is 0 Å². The maximum atomic E-state index is 12.8. The summed E-state index contributed by atoms with van der Waals surface area (Å²) >= 11 is 0. The van der Waals surface area contributed by atoms with Crippen molar-refractivity contribution < 1.29 is 12.6 Å². The summed E-state index contributed by atoms with van der Waals surface area (Å²) in [6.45, 7) is 7.54. The molecule has 1 unspecified atom stereocenters. The van der Waals surface area contributed by atoms with Crippen molar-refractivity contribution in [2.45, 2.75) is 43.4 Å². The zero-order valence-electron chi connectivity index (χ0n) is 15.0. The third-order valence-electron chi connectivity index (χ3n) is 3.77. The molecular weight excluding hydrogens is 354 g/mol. The van der Waals surface area contributed by atoms with Crippen molar-refractivity contribution in [3.8, 4) is 0 Å². The van der Waals surface area contributed by atoms with Crippen LogP contribution in [-0.2, 0) is 20.8 Å². The predicted molar refractivity (Wildman–Crippen MR) is 103 cm³/mol. The van der Waals surface area contributed by atoms with Crippen LogP contribution in [0.1, 0.15) is 37.9 Å². The third kappa shape index (κ3) is 5.49. The van der Waals surface area contributed by atoms with Crippen LogP contribution in [-0.4, -0.2) is 23.1 Å². The second-order valence-electron chi connectivity index (χ2n) is 7.06. The van der Waals surface area contributed by atoms with Gasteiger partial charge in [0.05, 0.1) is 32.4 Å². The van der Waals surface area contributed by atoms with Crippen molar-refractivity contribution >= 4 is 20.8 Å². The molecule has 0 heterocycles. The van der Waals surface area contributed by atoms with Crippen LogP contribution in [0.5, 0.6) is 0 Å². The minimum absolute atomic E-state index is 0.151. The maximum absolute atomic E-state index is 12.8. The minimum Gasteiger partial charge on any atom is -0.242 e. The van der Waals surface area contributed by atoms with Crippen LogP contribution in [0.25, 0.3) is 0 Å². The molecule has 0 amide bonds. The zero-order valence-corrected chi connectivity index (χ0v) is 16.7. The van der Waals surface area contributed by atoms with Crippen molar-refractivity contribution in [2.75, 3.05) is 5.75 Å². The monoisotopic (exact) mass is 379 g/mol. The molecule has 0 saturated heterocycles. The average molecular weight is 380 g/mol. The van der Waals surface area contributed by atoms with E-state index in [-0.39, 0.29) is 10.6 Å². The van der Waals surface area contributed by atoms with E-state index in [1.807, 2.05) is 52.0 Å². The first-order valence-electron chi connectivity index (χ1n) is 8.12. The third-order valence-corrected chi connectivity index (χ3v) is 7.15. The molecule has 2 aromatic rings. The largest absolute Gasteiger partial charge is 0.242 e. The average Bonchev–Trinajstić information content (AvgIpc) is 2.54. The molecule has 0 aromatic heterocycles. The van der Waals surface area contributed by atoms with Crippen LogP contribution in [0.4, 0.5) is 0 Å². The first-order chi connectivity index (χ1) is 11.6. The summed E-state index contributed by atoms with van der Waals surface area (Å²) in [7, 11) is -4.88. The van der Waals surface area contributed by atoms with E-state index in [0.29, 0.717) is 0 Å². The Balaban J connectivity index is 2.34. The lowest BCUT2D eigenvalue weighted by molar-refractivity contribution is 0.579. The van der Waals surface area contributed by atoms with Gasteiger partial charge in [-0.3, -0.25) is 0 Å². The Morgan fingerprint density at radius 3 is 2.08 bits per heavy atom. The van der Waals surface area contributed by atoms with E-state index in [9.17, 15) is 12.6 Å². The number of rotatable bonds is 6. The highest BCUT2D eigenvalue weighted by Gasteiger charge is 2.28. The van der Waals surface area contributed by atoms with Crippen molar-refractivity contribution in [1.29, 1.82) is 0 Å². The van der Waals surface area contributed by atoms with Gasteiger partial charge in [-0.15, -0.1) is 0 Å². The molecule has 136 valence electrons. The molecule has 2 atom stereocenters. The van der Waals surface area contributed by atoms with Gasteiger partial charge in [0.15, 0.2) is 9.84 Å². The van der Waals surface area contributed by atoms with E-state index in [1.165, 1.54) is 0 Å². The second kappa shape index (κ2) is 7.81. The number of hydrogen-bond donors (Lipinski definition) is 1. The van der Waals surface area contributed by atoms with E-state index in [2.05, 4.69) is 4.72 Å². The summed E-state index contributed by atoms with van der Waals surface area (Å²) in [4.78, 5) is 0.274. The lowest BCUT2D eigenvalue weighted by Crippen LogP contribution is -2.38. The summed E-state index contributed by atoms with van der Waals surface area (Å²) in [6, 6.07) is 15.4. The van der Waals surface area contributed by atoms with Crippen molar-refractivity contribution in [3.05, 3.63) is 65.7 Å². The van der Waals surface area contributed by atoms with Gasteiger partial charge in [0.25, 0.3) is 0 Å². The van der Waals surface area contributed by atoms with Crippen molar-refractivity contribution in [1.82, 2.24) is 4.72 Å². The van der Waals surface area contributed by atoms with Crippen LogP contribution in [0.15, 0.2) is 59.5 Å². The molecule has 6 heteroatoms. The van der Waals surface area contributed by atoms with Gasteiger partial charge in [-0.1, -0.05) is 48.0 Å². The lowest BCUT2D eigenvalue weighted by atomic mass is 10.1. The molecule has 0 bridgehead atoms. The SMILES string of the molecule is Cc1ccc([C@H](CS(=O)(=O)c2ccccc2)NS(=O)C(C)(C)C)cc1. The normalized spacial score (nSPS) is 14.9. The van der Waals surface area contributed by atoms with E-state index in [1.54, 1.807) is 30.3 Å². The summed E-state index contributed by atoms with van der Waals surface area (Å²) < 4.78 is 40.6. The van der Waals surface area contributed by atoms with E-state index < -0.39 is 31.6 Å². The Morgan fingerprint density at radius 1 is 1.00 bits per heavy atom. The quantitative estimate of drug-likeness (QED) is 0.835. The highest BCUT2D eigenvalue weighted by Crippen LogP contribution is 2.23. The summed E-state index contributed by atoms with van der Waals surface area (Å²) in [5.41, 5.74) is 1.90. The van der Waals surface area contributed by atoms with Crippen LogP contribution in [0.2, 0.25) is 0 Å². The molecule has 2 rings (SSSR count). The first kappa shape index (κ1) is 19.8. The highest BCUT2D eigenvalue weighted by atomic mass is 32.2. The van der Waals surface area contributed by atoms with E-state index in [4.69, 9.17) is 0 Å². The smallest absolute Gasteiger partial charge is 0.180 e. The molecule has 0 spiro atoms. The Morgan fingerprint density at radius 2 is 1.56 bits per heavy atom. The van der Waals surface area contributed by atoms with Gasteiger partial charge in [-0.25, -0.2) is 17.3 Å². The minimum atomic E-state index is -3.51. The summed E-state index contributed by atoms with van der Waals surface area (Å²) in [6.07, 6.45) is 0. The van der Waals surface area contributed by atoms with Crippen molar-refractivity contribution in [3.63, 3.8) is 0 Å². The van der Waals surface area contributed by atoms with E-state index >= 15 is 0 Å². The standard InChI is InChI=1S/C19H25NO3S2/c1-15-10-12-16(13-11-15)18(20-24(21)19(2,3)4)14-25(22,23)17-8-6-5-7-9-17/h5-13,18,20H,14H2,1-4H3/t18-,24?/m0/s1. The Labute approximate surface area is 153 Å². The van der Waals surface area contributed by atoms with Gasteiger partial charge >= 0.3 is 0 Å². The van der Waals surface area contributed by atoms with E-state index in [0.717, 1.165) is 11.1 Å². The number of nitrogens with one attached hydrogen (secondary N) is 1. The Kier molecular flexibility index (Phi) is 6.19. The molecule has 0 saturated carbocycles. The van der Waals surface area contributed by atoms with Gasteiger partial charge in [-0.2, -0.15) is 0 Å². The van der Waals surface area contributed by atoms with Crippen LogP contribution in [0.3, 0.4) is 0 Å². The molecule has 0 radical (unpaired) electrons. The van der Waals surface area contributed by atoms with Crippen molar-refractivity contribution in [2.24, 2.45) is 0 Å². The molecule has 0 aliphatic rings.